The quantitative estimate of drug-likeness (QED) is 0.755. The fraction of sp³-hybridized carbons (Fsp3) is 0.583. The van der Waals surface area contributed by atoms with Crippen molar-refractivity contribution in [1.29, 1.82) is 0 Å². The third-order valence-corrected chi connectivity index (χ3v) is 5.55. The van der Waals surface area contributed by atoms with Gasteiger partial charge in [0.05, 0.1) is 0 Å². The van der Waals surface area contributed by atoms with Crippen LogP contribution in [0.5, 0.6) is 0 Å². The second kappa shape index (κ2) is 7.72. The maximum Gasteiger partial charge on any atom is 0.250 e. The number of carbonyl (C=O) groups is 1. The predicted octanol–water partition coefficient (Wildman–Crippen LogP) is 0.436. The highest BCUT2D eigenvalue weighted by Crippen LogP contribution is 2.14. The molecule has 0 aliphatic carbocycles. The zero-order valence-electron chi connectivity index (χ0n) is 12.0. The number of likely N-dealkylation sites (N-methyl/N-ethyl adjacent to an activating group) is 1. The molecule has 0 unspecified atom stereocenters. The van der Waals surface area contributed by atoms with Crippen LogP contribution in [-0.2, 0) is 14.8 Å². The van der Waals surface area contributed by atoms with E-state index in [4.69, 9.17) is 0 Å². The molecule has 0 aliphatic heterocycles. The Morgan fingerprint density at radius 2 is 2.00 bits per heavy atom. The maximum atomic E-state index is 11.9. The van der Waals surface area contributed by atoms with Crippen LogP contribution in [0.25, 0.3) is 0 Å². The van der Waals surface area contributed by atoms with Crippen LogP contribution in [0.1, 0.15) is 6.92 Å². The van der Waals surface area contributed by atoms with Crippen molar-refractivity contribution in [3.05, 3.63) is 17.5 Å². The second-order valence-corrected chi connectivity index (χ2v) is 7.58. The Kier molecular flexibility index (Phi) is 6.60. The molecule has 1 heterocycles. The van der Waals surface area contributed by atoms with Gasteiger partial charge < -0.3 is 9.80 Å². The molecule has 0 bridgehead atoms. The lowest BCUT2D eigenvalue weighted by Crippen LogP contribution is -2.40. The summed E-state index contributed by atoms with van der Waals surface area (Å²) in [5.74, 6) is -0.0535. The molecule has 8 heteroatoms. The molecule has 1 amide bonds. The third-order valence-electron chi connectivity index (χ3n) is 2.70. The smallest absolute Gasteiger partial charge is 0.250 e. The van der Waals surface area contributed by atoms with Gasteiger partial charge in [0.1, 0.15) is 4.21 Å². The van der Waals surface area contributed by atoms with Gasteiger partial charge in [0, 0.05) is 33.1 Å². The number of nitrogens with zero attached hydrogens (tertiary/aromatic N) is 2. The van der Waals surface area contributed by atoms with E-state index in [-0.39, 0.29) is 12.5 Å². The van der Waals surface area contributed by atoms with Gasteiger partial charge in [0.15, 0.2) is 0 Å². The number of thiophene rings is 1. The average Bonchev–Trinajstić information content (AvgIpc) is 2.87. The van der Waals surface area contributed by atoms with Crippen LogP contribution in [0.2, 0.25) is 0 Å². The lowest BCUT2D eigenvalue weighted by atomic mass is 10.4. The molecule has 0 fully saturated rings. The molecular weight excluding hydrogens is 298 g/mol. The summed E-state index contributed by atoms with van der Waals surface area (Å²) in [6.45, 7) is 3.41. The van der Waals surface area contributed by atoms with Crippen molar-refractivity contribution in [1.82, 2.24) is 14.5 Å². The molecule has 0 saturated heterocycles. The van der Waals surface area contributed by atoms with E-state index in [2.05, 4.69) is 4.72 Å². The SMILES string of the molecule is CC(=O)N(CCNS(=O)(=O)c1cccs1)CCN(C)C. The summed E-state index contributed by atoms with van der Waals surface area (Å²) in [4.78, 5) is 15.1. The van der Waals surface area contributed by atoms with Gasteiger partial charge in [0.2, 0.25) is 15.9 Å². The van der Waals surface area contributed by atoms with Crippen LogP contribution >= 0.6 is 11.3 Å². The fourth-order valence-corrected chi connectivity index (χ4v) is 3.61. The first-order valence-electron chi connectivity index (χ1n) is 6.26. The van der Waals surface area contributed by atoms with Crippen LogP contribution in [-0.4, -0.2) is 64.4 Å². The molecule has 0 saturated carbocycles. The first-order valence-corrected chi connectivity index (χ1v) is 8.62. The Labute approximate surface area is 124 Å². The van der Waals surface area contributed by atoms with Crippen LogP contribution in [0.4, 0.5) is 0 Å². The first-order chi connectivity index (χ1) is 9.33. The number of carbonyl (C=O) groups excluding carboxylic acids is 1. The second-order valence-electron chi connectivity index (χ2n) is 4.64. The zero-order valence-corrected chi connectivity index (χ0v) is 13.6. The van der Waals surface area contributed by atoms with Crippen LogP contribution < -0.4 is 4.72 Å². The Balaban J connectivity index is 2.46. The standard InChI is InChI=1S/C12H21N3O3S2/c1-11(16)15(9-8-14(2)3)7-6-13-20(17,18)12-5-4-10-19-12/h4-5,10,13H,6-9H2,1-3H3. The molecule has 0 aliphatic rings. The molecule has 1 N–H and O–H groups in total. The van der Waals surface area contributed by atoms with Crippen molar-refractivity contribution in [2.45, 2.75) is 11.1 Å². The Morgan fingerprint density at radius 1 is 1.30 bits per heavy atom. The van der Waals surface area contributed by atoms with E-state index in [0.29, 0.717) is 17.3 Å². The molecule has 20 heavy (non-hydrogen) atoms. The van der Waals surface area contributed by atoms with E-state index in [1.165, 1.54) is 18.3 Å². The van der Waals surface area contributed by atoms with Crippen molar-refractivity contribution in [3.8, 4) is 0 Å². The molecular formula is C12H21N3O3S2. The van der Waals surface area contributed by atoms with Crippen molar-refractivity contribution in [2.24, 2.45) is 0 Å². The molecule has 1 rings (SSSR count). The molecule has 0 atom stereocenters. The normalized spacial score (nSPS) is 11.8. The monoisotopic (exact) mass is 319 g/mol. The van der Waals surface area contributed by atoms with Crippen LogP contribution in [0, 0.1) is 0 Å². The molecule has 114 valence electrons. The summed E-state index contributed by atoms with van der Waals surface area (Å²) in [5, 5.41) is 1.72. The highest BCUT2D eigenvalue weighted by atomic mass is 32.2. The van der Waals surface area contributed by atoms with Crippen molar-refractivity contribution in [2.75, 3.05) is 40.3 Å². The Bertz CT molecular complexity index is 512. The van der Waals surface area contributed by atoms with Gasteiger partial charge in [-0.3, -0.25) is 4.79 Å². The van der Waals surface area contributed by atoms with Gasteiger partial charge in [-0.1, -0.05) is 6.07 Å². The van der Waals surface area contributed by atoms with Crippen molar-refractivity contribution < 1.29 is 13.2 Å². The third kappa shape index (κ3) is 5.58. The maximum absolute atomic E-state index is 11.9. The highest BCUT2D eigenvalue weighted by molar-refractivity contribution is 7.91. The summed E-state index contributed by atoms with van der Waals surface area (Å²) >= 11 is 1.17. The van der Waals surface area contributed by atoms with Crippen molar-refractivity contribution in [3.63, 3.8) is 0 Å². The number of hydrogen-bond donors (Lipinski definition) is 1. The summed E-state index contributed by atoms with van der Waals surface area (Å²) in [7, 11) is 0.407. The van der Waals surface area contributed by atoms with E-state index in [1.54, 1.807) is 22.4 Å². The molecule has 6 nitrogen and oxygen atoms in total. The topological polar surface area (TPSA) is 69.7 Å². The number of rotatable bonds is 8. The minimum absolute atomic E-state index is 0.0535. The molecule has 0 spiro atoms. The number of sulfonamides is 1. The number of nitrogens with one attached hydrogen (secondary N) is 1. The molecule has 1 aromatic rings. The van der Waals surface area contributed by atoms with E-state index in [1.807, 2.05) is 19.0 Å². The van der Waals surface area contributed by atoms with Gasteiger partial charge in [-0.25, -0.2) is 13.1 Å². The van der Waals surface area contributed by atoms with Crippen LogP contribution in [0.15, 0.2) is 21.7 Å². The number of amides is 1. The minimum atomic E-state index is -3.45. The highest BCUT2D eigenvalue weighted by Gasteiger charge is 2.15. The lowest BCUT2D eigenvalue weighted by Gasteiger charge is -2.23. The van der Waals surface area contributed by atoms with Gasteiger partial charge in [0.25, 0.3) is 0 Å². The van der Waals surface area contributed by atoms with Gasteiger partial charge in [-0.05, 0) is 25.5 Å². The largest absolute Gasteiger partial charge is 0.340 e. The molecule has 0 aromatic carbocycles. The summed E-state index contributed by atoms with van der Waals surface area (Å²) in [6.07, 6.45) is 0. The average molecular weight is 319 g/mol. The van der Waals surface area contributed by atoms with E-state index in [0.717, 1.165) is 6.54 Å². The first kappa shape index (κ1) is 17.1. The predicted molar refractivity (Wildman–Crippen MR) is 80.3 cm³/mol. The van der Waals surface area contributed by atoms with Crippen molar-refractivity contribution >= 4 is 27.3 Å². The van der Waals surface area contributed by atoms with E-state index in [9.17, 15) is 13.2 Å². The fourth-order valence-electron chi connectivity index (χ4n) is 1.55. The van der Waals surface area contributed by atoms with Gasteiger partial charge in [-0.2, -0.15) is 0 Å². The minimum Gasteiger partial charge on any atom is -0.340 e. The zero-order chi connectivity index (χ0) is 15.2. The lowest BCUT2D eigenvalue weighted by molar-refractivity contribution is -0.128. The molecule has 0 radical (unpaired) electrons. The Hall–Kier alpha value is -0.960. The summed E-state index contributed by atoms with van der Waals surface area (Å²) in [5.41, 5.74) is 0. The molecule has 1 aromatic heterocycles. The van der Waals surface area contributed by atoms with E-state index >= 15 is 0 Å². The number of hydrogen-bond acceptors (Lipinski definition) is 5. The Morgan fingerprint density at radius 3 is 2.50 bits per heavy atom. The summed E-state index contributed by atoms with van der Waals surface area (Å²) in [6, 6.07) is 3.25. The summed E-state index contributed by atoms with van der Waals surface area (Å²) < 4.78 is 26.6. The van der Waals surface area contributed by atoms with Crippen LogP contribution in [0.3, 0.4) is 0 Å². The van der Waals surface area contributed by atoms with Gasteiger partial charge >= 0.3 is 0 Å². The van der Waals surface area contributed by atoms with E-state index < -0.39 is 10.0 Å². The van der Waals surface area contributed by atoms with Gasteiger partial charge in [-0.15, -0.1) is 11.3 Å².